The van der Waals surface area contributed by atoms with Gasteiger partial charge in [0, 0.05) is 27.8 Å². The summed E-state index contributed by atoms with van der Waals surface area (Å²) in [4.78, 5) is 24.8. The zero-order chi connectivity index (χ0) is 24.3. The fraction of sp³-hybridized carbons (Fsp3) is 0.192. The predicted octanol–water partition coefficient (Wildman–Crippen LogP) is 5.70. The van der Waals surface area contributed by atoms with Crippen LogP contribution in [0.5, 0.6) is 0 Å². The lowest BCUT2D eigenvalue weighted by molar-refractivity contribution is -0.112. The number of aromatic nitrogens is 1. The van der Waals surface area contributed by atoms with Crippen LogP contribution in [0.25, 0.3) is 11.8 Å². The van der Waals surface area contributed by atoms with Gasteiger partial charge in [-0.2, -0.15) is 5.26 Å². The molecule has 3 aromatic rings. The van der Waals surface area contributed by atoms with E-state index < -0.39 is 11.9 Å². The number of benzene rings is 2. The first-order valence-electron chi connectivity index (χ1n) is 10.2. The fourth-order valence-electron chi connectivity index (χ4n) is 3.67. The predicted molar refractivity (Wildman–Crippen MR) is 130 cm³/mol. The van der Waals surface area contributed by atoms with E-state index >= 15 is 0 Å². The topological polar surface area (TPSA) is 84.1 Å². The standard InChI is InChI=1S/C26H24ClN3O3/c1-15-9-10-21(13-23(15)27)29-25(31)20(14-28)12-19-11-16(2)30(18(19)4)24-8-6-7-22(17(24)3)26(32)33-5/h6-13H,1-5H3,(H,29,31)/b20-12-. The lowest BCUT2D eigenvalue weighted by atomic mass is 10.1. The summed E-state index contributed by atoms with van der Waals surface area (Å²) < 4.78 is 6.87. The summed E-state index contributed by atoms with van der Waals surface area (Å²) in [5.41, 5.74) is 5.90. The van der Waals surface area contributed by atoms with Gasteiger partial charge in [-0.3, -0.25) is 4.79 Å². The number of aryl methyl sites for hydroxylation is 2. The van der Waals surface area contributed by atoms with Crippen molar-refractivity contribution in [1.82, 2.24) is 4.57 Å². The molecule has 6 nitrogen and oxygen atoms in total. The Morgan fingerprint density at radius 1 is 1.12 bits per heavy atom. The second-order valence-electron chi connectivity index (χ2n) is 7.69. The molecule has 0 spiro atoms. The van der Waals surface area contributed by atoms with Crippen LogP contribution in [0.3, 0.4) is 0 Å². The molecule has 7 heteroatoms. The van der Waals surface area contributed by atoms with E-state index in [4.69, 9.17) is 16.3 Å². The first kappa shape index (κ1) is 23.8. The van der Waals surface area contributed by atoms with Gasteiger partial charge in [0.05, 0.1) is 12.7 Å². The smallest absolute Gasteiger partial charge is 0.338 e. The molecule has 0 aliphatic carbocycles. The number of carbonyl (C=O) groups is 2. The number of rotatable bonds is 5. The first-order chi connectivity index (χ1) is 15.7. The molecule has 1 N–H and O–H groups in total. The van der Waals surface area contributed by atoms with Crippen molar-refractivity contribution in [1.29, 1.82) is 5.26 Å². The fourth-order valence-corrected chi connectivity index (χ4v) is 3.85. The molecule has 0 radical (unpaired) electrons. The van der Waals surface area contributed by atoms with E-state index in [-0.39, 0.29) is 5.57 Å². The SMILES string of the molecule is COC(=O)c1cccc(-n2c(C)cc(/C=C(/C#N)C(=O)Nc3ccc(C)c(Cl)c3)c2C)c1C. The van der Waals surface area contributed by atoms with Gasteiger partial charge in [0.2, 0.25) is 0 Å². The van der Waals surface area contributed by atoms with Crippen LogP contribution in [0, 0.1) is 39.0 Å². The van der Waals surface area contributed by atoms with Gasteiger partial charge in [-0.15, -0.1) is 0 Å². The molecule has 1 aromatic heterocycles. The van der Waals surface area contributed by atoms with Crippen molar-refractivity contribution < 1.29 is 14.3 Å². The first-order valence-corrected chi connectivity index (χ1v) is 10.6. The monoisotopic (exact) mass is 461 g/mol. The zero-order valence-corrected chi connectivity index (χ0v) is 19.9. The highest BCUT2D eigenvalue weighted by molar-refractivity contribution is 6.31. The summed E-state index contributed by atoms with van der Waals surface area (Å²) >= 11 is 6.13. The third-order valence-electron chi connectivity index (χ3n) is 5.52. The van der Waals surface area contributed by atoms with E-state index in [0.29, 0.717) is 16.3 Å². The number of anilines is 1. The van der Waals surface area contributed by atoms with Crippen molar-refractivity contribution in [3.8, 4) is 11.8 Å². The Morgan fingerprint density at radius 3 is 2.48 bits per heavy atom. The molecule has 1 heterocycles. The Labute approximate surface area is 198 Å². The van der Waals surface area contributed by atoms with Crippen LogP contribution < -0.4 is 5.32 Å². The molecule has 0 bridgehead atoms. The van der Waals surface area contributed by atoms with E-state index in [1.54, 1.807) is 36.4 Å². The molecule has 0 saturated heterocycles. The maximum atomic E-state index is 12.7. The molecule has 1 amide bonds. The number of nitriles is 1. The highest BCUT2D eigenvalue weighted by Gasteiger charge is 2.18. The van der Waals surface area contributed by atoms with Crippen molar-refractivity contribution in [2.75, 3.05) is 12.4 Å². The van der Waals surface area contributed by atoms with Crippen molar-refractivity contribution in [3.63, 3.8) is 0 Å². The Balaban J connectivity index is 1.99. The van der Waals surface area contributed by atoms with Crippen molar-refractivity contribution in [3.05, 3.63) is 86.7 Å². The van der Waals surface area contributed by atoms with Crippen LogP contribution in [-0.2, 0) is 9.53 Å². The van der Waals surface area contributed by atoms with Crippen molar-refractivity contribution in [2.45, 2.75) is 27.7 Å². The van der Waals surface area contributed by atoms with Crippen LogP contribution in [0.2, 0.25) is 5.02 Å². The average Bonchev–Trinajstić information content (AvgIpc) is 3.06. The number of hydrogen-bond donors (Lipinski definition) is 1. The lowest BCUT2D eigenvalue weighted by Crippen LogP contribution is -2.13. The van der Waals surface area contributed by atoms with Crippen LogP contribution in [0.4, 0.5) is 5.69 Å². The summed E-state index contributed by atoms with van der Waals surface area (Å²) in [5, 5.41) is 12.9. The number of esters is 1. The summed E-state index contributed by atoms with van der Waals surface area (Å²) in [6, 6.07) is 14.5. The molecule has 0 fully saturated rings. The third-order valence-corrected chi connectivity index (χ3v) is 5.92. The van der Waals surface area contributed by atoms with Crippen molar-refractivity contribution in [2.24, 2.45) is 0 Å². The summed E-state index contributed by atoms with van der Waals surface area (Å²) in [5.74, 6) is -0.928. The highest BCUT2D eigenvalue weighted by Crippen LogP contribution is 2.27. The summed E-state index contributed by atoms with van der Waals surface area (Å²) in [6.07, 6.45) is 1.56. The lowest BCUT2D eigenvalue weighted by Gasteiger charge is -2.15. The van der Waals surface area contributed by atoms with Gasteiger partial charge in [-0.1, -0.05) is 23.7 Å². The zero-order valence-electron chi connectivity index (χ0n) is 19.1. The quantitative estimate of drug-likeness (QED) is 0.300. The second kappa shape index (κ2) is 9.76. The molecule has 33 heavy (non-hydrogen) atoms. The second-order valence-corrected chi connectivity index (χ2v) is 8.10. The molecule has 168 valence electrons. The van der Waals surface area contributed by atoms with Gasteiger partial charge >= 0.3 is 5.97 Å². The van der Waals surface area contributed by atoms with Crippen LogP contribution in [0.15, 0.2) is 48.0 Å². The van der Waals surface area contributed by atoms with E-state index in [2.05, 4.69) is 5.32 Å². The number of methoxy groups -OCH3 is 1. The van der Waals surface area contributed by atoms with E-state index in [9.17, 15) is 14.9 Å². The molecule has 0 aliphatic rings. The molecule has 2 aromatic carbocycles. The average molecular weight is 462 g/mol. The molecule has 0 unspecified atom stereocenters. The summed E-state index contributed by atoms with van der Waals surface area (Å²) in [7, 11) is 1.35. The molecule has 3 rings (SSSR count). The number of nitrogens with zero attached hydrogens (tertiary/aromatic N) is 2. The normalized spacial score (nSPS) is 11.1. The van der Waals surface area contributed by atoms with Crippen LogP contribution in [0.1, 0.15) is 38.4 Å². The molecule has 0 aliphatic heterocycles. The minimum absolute atomic E-state index is 0.0352. The van der Waals surface area contributed by atoms with Gasteiger partial charge in [0.15, 0.2) is 0 Å². The molecule has 0 atom stereocenters. The number of ether oxygens (including phenoxy) is 1. The Bertz CT molecular complexity index is 1330. The Kier molecular flexibility index (Phi) is 7.05. The number of nitrogens with one attached hydrogen (secondary N) is 1. The van der Waals surface area contributed by atoms with E-state index in [1.165, 1.54) is 7.11 Å². The molecule has 0 saturated carbocycles. The largest absolute Gasteiger partial charge is 0.465 e. The van der Waals surface area contributed by atoms with Crippen molar-refractivity contribution >= 4 is 35.2 Å². The van der Waals surface area contributed by atoms with Gasteiger partial charge in [0.1, 0.15) is 11.6 Å². The number of carbonyl (C=O) groups excluding carboxylic acids is 2. The van der Waals surface area contributed by atoms with E-state index in [0.717, 1.165) is 33.8 Å². The highest BCUT2D eigenvalue weighted by atomic mass is 35.5. The summed E-state index contributed by atoms with van der Waals surface area (Å²) in [6.45, 7) is 7.55. The molecular weight excluding hydrogens is 438 g/mol. The number of amides is 1. The van der Waals surface area contributed by atoms with Gasteiger partial charge < -0.3 is 14.6 Å². The maximum Gasteiger partial charge on any atom is 0.338 e. The van der Waals surface area contributed by atoms with Crippen LogP contribution in [-0.4, -0.2) is 23.6 Å². The Hall–Kier alpha value is -3.82. The third kappa shape index (κ3) is 4.84. The minimum atomic E-state index is -0.522. The number of hydrogen-bond acceptors (Lipinski definition) is 4. The van der Waals surface area contributed by atoms with Gasteiger partial charge in [-0.25, -0.2) is 4.79 Å². The van der Waals surface area contributed by atoms with Gasteiger partial charge in [-0.05, 0) is 80.8 Å². The minimum Gasteiger partial charge on any atom is -0.465 e. The molecular formula is C26H24ClN3O3. The maximum absolute atomic E-state index is 12.7. The van der Waals surface area contributed by atoms with Gasteiger partial charge in [0.25, 0.3) is 5.91 Å². The number of halogens is 1. The van der Waals surface area contributed by atoms with Crippen LogP contribution >= 0.6 is 11.6 Å². The Morgan fingerprint density at radius 2 is 1.85 bits per heavy atom. The van der Waals surface area contributed by atoms with E-state index in [1.807, 2.05) is 50.5 Å².